The number of aliphatic imine (C=N–C) groups is 1. The van der Waals surface area contributed by atoms with Gasteiger partial charge in [-0.1, -0.05) is 35.5 Å². The van der Waals surface area contributed by atoms with Gasteiger partial charge in [0.05, 0.1) is 29.8 Å². The van der Waals surface area contributed by atoms with Crippen molar-refractivity contribution in [2.24, 2.45) is 4.99 Å². The molecule has 0 saturated carbocycles. The van der Waals surface area contributed by atoms with Crippen LogP contribution in [-0.4, -0.2) is 46.0 Å². The maximum atomic E-state index is 13.1. The highest BCUT2D eigenvalue weighted by atomic mass is 35.5. The standard InChI is InChI=1S/C23H26ClN3O3S/c1-14(2)30-22(29)20-15(3)25-23-27(21(20)16-6-8-17(24)9-7-16)18(13-31-23)12-19(28)26-10-4-5-11-26/h6-9,13-14,21H,4-5,10-12H2,1-3H3/t21-/m1/s1. The van der Waals surface area contributed by atoms with Gasteiger partial charge in [-0.2, -0.15) is 0 Å². The van der Waals surface area contributed by atoms with E-state index in [0.29, 0.717) is 16.3 Å². The summed E-state index contributed by atoms with van der Waals surface area (Å²) in [5.41, 5.74) is 2.86. The maximum absolute atomic E-state index is 13.1. The zero-order valence-corrected chi connectivity index (χ0v) is 19.5. The van der Waals surface area contributed by atoms with Crippen molar-refractivity contribution in [2.75, 3.05) is 13.1 Å². The number of esters is 1. The number of halogens is 1. The Bertz CT molecular complexity index is 978. The summed E-state index contributed by atoms with van der Waals surface area (Å²) in [6.45, 7) is 7.11. The molecule has 1 fully saturated rings. The molecule has 1 atom stereocenters. The second-order valence-electron chi connectivity index (χ2n) is 8.16. The van der Waals surface area contributed by atoms with Gasteiger partial charge in [0.2, 0.25) is 5.91 Å². The van der Waals surface area contributed by atoms with Gasteiger partial charge in [-0.05, 0) is 56.7 Å². The Morgan fingerprint density at radius 2 is 1.90 bits per heavy atom. The lowest BCUT2D eigenvalue weighted by atomic mass is 9.94. The van der Waals surface area contributed by atoms with Crippen molar-refractivity contribution in [3.05, 3.63) is 57.2 Å². The average molecular weight is 460 g/mol. The van der Waals surface area contributed by atoms with Gasteiger partial charge in [0.15, 0.2) is 5.17 Å². The van der Waals surface area contributed by atoms with Crippen LogP contribution in [0, 0.1) is 0 Å². The van der Waals surface area contributed by atoms with Crippen LogP contribution < -0.4 is 0 Å². The molecule has 0 N–H and O–H groups in total. The Labute approximate surface area is 192 Å². The number of rotatable bonds is 5. The van der Waals surface area contributed by atoms with E-state index in [0.717, 1.165) is 42.4 Å². The number of hydrogen-bond acceptors (Lipinski definition) is 6. The highest BCUT2D eigenvalue weighted by Gasteiger charge is 2.41. The first-order chi connectivity index (χ1) is 14.8. The molecular weight excluding hydrogens is 434 g/mol. The summed E-state index contributed by atoms with van der Waals surface area (Å²) in [7, 11) is 0. The van der Waals surface area contributed by atoms with Crippen LogP contribution >= 0.6 is 23.4 Å². The molecule has 1 aromatic carbocycles. The second kappa shape index (κ2) is 9.09. The number of amidine groups is 1. The summed E-state index contributed by atoms with van der Waals surface area (Å²) in [4.78, 5) is 34.6. The average Bonchev–Trinajstić information content (AvgIpc) is 3.37. The summed E-state index contributed by atoms with van der Waals surface area (Å²) >= 11 is 7.60. The molecule has 0 unspecified atom stereocenters. The van der Waals surface area contributed by atoms with Crippen molar-refractivity contribution in [3.8, 4) is 0 Å². The normalized spacial score (nSPS) is 20.7. The molecule has 1 saturated heterocycles. The number of carbonyl (C=O) groups excluding carboxylic acids is 2. The molecular formula is C23H26ClN3O3S. The number of amides is 1. The van der Waals surface area contributed by atoms with E-state index in [1.165, 1.54) is 11.8 Å². The molecule has 0 spiro atoms. The van der Waals surface area contributed by atoms with Crippen molar-refractivity contribution >= 4 is 40.4 Å². The van der Waals surface area contributed by atoms with Crippen molar-refractivity contribution in [3.63, 3.8) is 0 Å². The molecule has 0 bridgehead atoms. The highest BCUT2D eigenvalue weighted by Crippen LogP contribution is 2.45. The van der Waals surface area contributed by atoms with Crippen LogP contribution in [0.25, 0.3) is 0 Å². The van der Waals surface area contributed by atoms with Gasteiger partial charge in [0.25, 0.3) is 0 Å². The highest BCUT2D eigenvalue weighted by molar-refractivity contribution is 8.16. The first kappa shape index (κ1) is 22.0. The van der Waals surface area contributed by atoms with E-state index < -0.39 is 12.0 Å². The molecule has 4 rings (SSSR count). The van der Waals surface area contributed by atoms with Gasteiger partial charge in [-0.3, -0.25) is 4.79 Å². The van der Waals surface area contributed by atoms with E-state index in [-0.39, 0.29) is 18.4 Å². The van der Waals surface area contributed by atoms with E-state index in [1.54, 1.807) is 0 Å². The lowest BCUT2D eigenvalue weighted by Gasteiger charge is -2.36. The van der Waals surface area contributed by atoms with Crippen LogP contribution in [0.2, 0.25) is 5.02 Å². The quantitative estimate of drug-likeness (QED) is 0.587. The molecule has 164 valence electrons. The molecule has 3 aliphatic rings. The predicted octanol–water partition coefficient (Wildman–Crippen LogP) is 4.88. The van der Waals surface area contributed by atoms with Crippen molar-refractivity contribution in [2.45, 2.75) is 52.2 Å². The molecule has 6 nitrogen and oxygen atoms in total. The minimum Gasteiger partial charge on any atom is -0.459 e. The Morgan fingerprint density at radius 3 is 2.55 bits per heavy atom. The number of benzene rings is 1. The Kier molecular flexibility index (Phi) is 6.44. The van der Waals surface area contributed by atoms with Crippen LogP contribution in [-0.2, 0) is 14.3 Å². The number of nitrogens with zero attached hydrogens (tertiary/aromatic N) is 3. The first-order valence-corrected chi connectivity index (χ1v) is 11.8. The molecule has 8 heteroatoms. The lowest BCUT2D eigenvalue weighted by molar-refractivity contribution is -0.143. The molecule has 1 aromatic rings. The largest absolute Gasteiger partial charge is 0.459 e. The van der Waals surface area contributed by atoms with Gasteiger partial charge in [-0.15, -0.1) is 0 Å². The summed E-state index contributed by atoms with van der Waals surface area (Å²) in [6, 6.07) is 7.02. The molecule has 0 aliphatic carbocycles. The second-order valence-corrected chi connectivity index (χ2v) is 9.44. The number of likely N-dealkylation sites (tertiary alicyclic amines) is 1. The van der Waals surface area contributed by atoms with E-state index in [4.69, 9.17) is 16.3 Å². The number of fused-ring (bicyclic) bond motifs is 1. The minimum absolute atomic E-state index is 0.109. The van der Waals surface area contributed by atoms with Gasteiger partial charge in [-0.25, -0.2) is 9.79 Å². The summed E-state index contributed by atoms with van der Waals surface area (Å²) in [5.74, 6) is -0.282. The van der Waals surface area contributed by atoms with Crippen LogP contribution in [0.3, 0.4) is 0 Å². The summed E-state index contributed by atoms with van der Waals surface area (Å²) in [5, 5.41) is 3.36. The fourth-order valence-electron chi connectivity index (χ4n) is 4.10. The maximum Gasteiger partial charge on any atom is 0.338 e. The first-order valence-electron chi connectivity index (χ1n) is 10.5. The predicted molar refractivity (Wildman–Crippen MR) is 124 cm³/mol. The monoisotopic (exact) mass is 459 g/mol. The van der Waals surface area contributed by atoms with Crippen LogP contribution in [0.15, 0.2) is 51.6 Å². The van der Waals surface area contributed by atoms with Gasteiger partial charge < -0.3 is 14.5 Å². The van der Waals surface area contributed by atoms with E-state index in [1.807, 2.05) is 60.2 Å². The van der Waals surface area contributed by atoms with Crippen LogP contribution in [0.4, 0.5) is 0 Å². The van der Waals surface area contributed by atoms with E-state index >= 15 is 0 Å². The Hall–Kier alpha value is -2.25. The minimum atomic E-state index is -0.427. The summed E-state index contributed by atoms with van der Waals surface area (Å²) in [6.07, 6.45) is 2.14. The molecule has 31 heavy (non-hydrogen) atoms. The molecule has 3 aliphatic heterocycles. The lowest BCUT2D eigenvalue weighted by Crippen LogP contribution is -2.38. The molecule has 0 aromatic heterocycles. The third kappa shape index (κ3) is 4.53. The number of thioether (sulfide) groups is 1. The number of allylic oxidation sites excluding steroid dienone is 1. The Balaban J connectivity index is 1.71. The zero-order valence-electron chi connectivity index (χ0n) is 17.9. The molecule has 0 radical (unpaired) electrons. The zero-order chi connectivity index (χ0) is 22.1. The molecule has 1 amide bonds. The van der Waals surface area contributed by atoms with Crippen molar-refractivity contribution in [1.82, 2.24) is 9.80 Å². The number of hydrogen-bond donors (Lipinski definition) is 0. The fraction of sp³-hybridized carbons (Fsp3) is 0.435. The smallest absolute Gasteiger partial charge is 0.338 e. The Morgan fingerprint density at radius 1 is 1.23 bits per heavy atom. The topological polar surface area (TPSA) is 62.2 Å². The third-order valence-electron chi connectivity index (χ3n) is 5.54. The van der Waals surface area contributed by atoms with E-state index in [9.17, 15) is 9.59 Å². The SMILES string of the molecule is CC1=C(C(=O)OC(C)C)[C@@H](c2ccc(Cl)cc2)N2C(CC(=O)N3CCCC3)=CSC2=N1. The van der Waals surface area contributed by atoms with Crippen LogP contribution in [0.1, 0.15) is 51.6 Å². The molecule has 3 heterocycles. The third-order valence-corrected chi connectivity index (χ3v) is 6.68. The van der Waals surface area contributed by atoms with Crippen molar-refractivity contribution in [1.29, 1.82) is 0 Å². The van der Waals surface area contributed by atoms with Crippen LogP contribution in [0.5, 0.6) is 0 Å². The van der Waals surface area contributed by atoms with Gasteiger partial charge in [0.1, 0.15) is 0 Å². The van der Waals surface area contributed by atoms with Gasteiger partial charge >= 0.3 is 5.97 Å². The summed E-state index contributed by atoms with van der Waals surface area (Å²) < 4.78 is 5.56. The number of ether oxygens (including phenoxy) is 1. The number of carbonyl (C=O) groups is 2. The van der Waals surface area contributed by atoms with E-state index in [2.05, 4.69) is 4.99 Å². The fourth-order valence-corrected chi connectivity index (χ4v) is 5.19. The van der Waals surface area contributed by atoms with Crippen molar-refractivity contribution < 1.29 is 14.3 Å². The van der Waals surface area contributed by atoms with Gasteiger partial charge in [0, 0.05) is 23.8 Å².